The number of halogens is 1. The summed E-state index contributed by atoms with van der Waals surface area (Å²) in [6.45, 7) is 6.16. The molecule has 1 fully saturated rings. The van der Waals surface area contributed by atoms with Crippen molar-refractivity contribution < 1.29 is 14.3 Å². The van der Waals surface area contributed by atoms with Gasteiger partial charge in [-0.25, -0.2) is 0 Å². The summed E-state index contributed by atoms with van der Waals surface area (Å²) in [7, 11) is 0. The van der Waals surface area contributed by atoms with Crippen LogP contribution in [0.2, 0.25) is 0 Å². The third kappa shape index (κ3) is 2.66. The van der Waals surface area contributed by atoms with E-state index in [9.17, 15) is 9.59 Å². The van der Waals surface area contributed by atoms with Crippen molar-refractivity contribution in [2.75, 3.05) is 17.4 Å². The van der Waals surface area contributed by atoms with E-state index in [0.717, 1.165) is 22.4 Å². The predicted octanol–water partition coefficient (Wildman–Crippen LogP) is 2.50. The van der Waals surface area contributed by atoms with E-state index in [1.54, 1.807) is 4.90 Å². The number of benzene rings is 1. The van der Waals surface area contributed by atoms with Gasteiger partial charge in [0.1, 0.15) is 12.5 Å². The van der Waals surface area contributed by atoms with Crippen molar-refractivity contribution in [3.63, 3.8) is 0 Å². The number of aryl methyl sites for hydroxylation is 2. The number of amides is 1. The lowest BCUT2D eigenvalue weighted by Crippen LogP contribution is -2.42. The largest absolute Gasteiger partial charge is 0.463 e. The number of carbonyl (C=O) groups is 2. The van der Waals surface area contributed by atoms with Crippen LogP contribution in [0.1, 0.15) is 23.1 Å². The molecule has 1 saturated heterocycles. The van der Waals surface area contributed by atoms with Crippen molar-refractivity contribution in [1.82, 2.24) is 0 Å². The molecule has 1 atom stereocenters. The van der Waals surface area contributed by atoms with Crippen molar-refractivity contribution >= 4 is 29.2 Å². The molecule has 0 aromatic heterocycles. The number of rotatable bonds is 3. The minimum Gasteiger partial charge on any atom is -0.463 e. The van der Waals surface area contributed by atoms with Crippen LogP contribution in [0.3, 0.4) is 0 Å². The van der Waals surface area contributed by atoms with Crippen LogP contribution in [-0.4, -0.2) is 30.4 Å². The number of hydrogen-bond donors (Lipinski definition) is 0. The summed E-state index contributed by atoms with van der Waals surface area (Å²) in [4.78, 5) is 25.2. The minimum atomic E-state index is -0.273. The van der Waals surface area contributed by atoms with Gasteiger partial charge in [-0.05, 0) is 37.5 Å². The van der Waals surface area contributed by atoms with Crippen molar-refractivity contribution in [2.45, 2.75) is 33.2 Å². The quantitative estimate of drug-likeness (QED) is 0.636. The van der Waals surface area contributed by atoms with Gasteiger partial charge < -0.3 is 9.64 Å². The van der Waals surface area contributed by atoms with Crippen molar-refractivity contribution in [1.29, 1.82) is 0 Å². The fourth-order valence-corrected chi connectivity index (χ4v) is 2.68. The standard InChI is InChI=1S/C15H18ClNO3/c1-9-4-5-10(2)15(11(9)3)17(13(18)7-16)12-6-14(19)20-8-12/h4-5,12H,6-8H2,1-3H3. The summed E-state index contributed by atoms with van der Waals surface area (Å²) in [5, 5.41) is 0. The van der Waals surface area contributed by atoms with Gasteiger partial charge in [-0.1, -0.05) is 12.1 Å². The van der Waals surface area contributed by atoms with Gasteiger partial charge in [-0.2, -0.15) is 0 Å². The first-order valence-corrected chi connectivity index (χ1v) is 7.09. The Hall–Kier alpha value is -1.55. The van der Waals surface area contributed by atoms with Gasteiger partial charge in [0.25, 0.3) is 0 Å². The number of anilines is 1. The second-order valence-electron chi connectivity index (χ2n) is 5.11. The SMILES string of the molecule is Cc1ccc(C)c(N(C(=O)CCl)C2COC(=O)C2)c1C. The molecule has 0 N–H and O–H groups in total. The molecule has 1 amide bonds. The highest BCUT2D eigenvalue weighted by Crippen LogP contribution is 2.31. The van der Waals surface area contributed by atoms with Crippen LogP contribution in [0.4, 0.5) is 5.69 Å². The van der Waals surface area contributed by atoms with Crippen molar-refractivity contribution in [3.05, 3.63) is 28.8 Å². The number of cyclic esters (lactones) is 1. The topological polar surface area (TPSA) is 46.6 Å². The molecular formula is C15H18ClNO3. The summed E-state index contributed by atoms with van der Waals surface area (Å²) >= 11 is 5.74. The number of hydrogen-bond acceptors (Lipinski definition) is 3. The van der Waals surface area contributed by atoms with Crippen LogP contribution in [-0.2, 0) is 14.3 Å². The Labute approximate surface area is 123 Å². The summed E-state index contributed by atoms with van der Waals surface area (Å²) < 4.78 is 5.00. The Kier molecular flexibility index (Phi) is 4.33. The normalized spacial score (nSPS) is 18.0. The van der Waals surface area contributed by atoms with Crippen LogP contribution < -0.4 is 4.90 Å². The molecule has 0 radical (unpaired) electrons. The Morgan fingerprint density at radius 1 is 1.35 bits per heavy atom. The lowest BCUT2D eigenvalue weighted by molar-refractivity contribution is -0.138. The van der Waals surface area contributed by atoms with E-state index in [-0.39, 0.29) is 36.8 Å². The first kappa shape index (κ1) is 14.9. The molecule has 0 saturated carbocycles. The molecule has 0 bridgehead atoms. The zero-order valence-corrected chi connectivity index (χ0v) is 12.7. The molecule has 1 aromatic carbocycles. The van der Waals surface area contributed by atoms with E-state index in [4.69, 9.17) is 16.3 Å². The second kappa shape index (κ2) is 5.83. The highest BCUT2D eigenvalue weighted by atomic mass is 35.5. The number of ether oxygens (including phenoxy) is 1. The second-order valence-corrected chi connectivity index (χ2v) is 5.38. The molecule has 20 heavy (non-hydrogen) atoms. The summed E-state index contributed by atoms with van der Waals surface area (Å²) in [6, 6.07) is 3.73. The number of esters is 1. The summed E-state index contributed by atoms with van der Waals surface area (Å²) in [5.41, 5.74) is 3.97. The average Bonchev–Trinajstić information content (AvgIpc) is 2.84. The lowest BCUT2D eigenvalue weighted by Gasteiger charge is -2.30. The maximum atomic E-state index is 12.2. The Morgan fingerprint density at radius 3 is 2.55 bits per heavy atom. The van der Waals surface area contributed by atoms with E-state index in [1.165, 1.54) is 0 Å². The van der Waals surface area contributed by atoms with E-state index >= 15 is 0 Å². The van der Waals surface area contributed by atoms with Gasteiger partial charge in [0, 0.05) is 0 Å². The first-order chi connectivity index (χ1) is 9.45. The Morgan fingerprint density at radius 2 is 2.00 bits per heavy atom. The highest BCUT2D eigenvalue weighted by Gasteiger charge is 2.34. The molecule has 1 aromatic rings. The Balaban J connectivity index is 2.49. The average molecular weight is 296 g/mol. The van der Waals surface area contributed by atoms with Gasteiger partial charge in [0.05, 0.1) is 18.2 Å². The molecule has 2 rings (SSSR count). The van der Waals surface area contributed by atoms with Crippen LogP contribution >= 0.6 is 11.6 Å². The van der Waals surface area contributed by atoms with Crippen LogP contribution in [0.5, 0.6) is 0 Å². The van der Waals surface area contributed by atoms with Crippen LogP contribution in [0.15, 0.2) is 12.1 Å². The fourth-order valence-electron chi connectivity index (χ4n) is 2.55. The van der Waals surface area contributed by atoms with Gasteiger partial charge >= 0.3 is 5.97 Å². The summed E-state index contributed by atoms with van der Waals surface area (Å²) in [5.74, 6) is -0.588. The molecule has 1 unspecified atom stereocenters. The molecule has 108 valence electrons. The van der Waals surface area contributed by atoms with Gasteiger partial charge in [0.2, 0.25) is 5.91 Å². The maximum Gasteiger partial charge on any atom is 0.308 e. The predicted molar refractivity (Wildman–Crippen MR) is 78.2 cm³/mol. The molecular weight excluding hydrogens is 278 g/mol. The first-order valence-electron chi connectivity index (χ1n) is 6.56. The molecule has 4 nitrogen and oxygen atoms in total. The number of nitrogens with zero attached hydrogens (tertiary/aromatic N) is 1. The monoisotopic (exact) mass is 295 g/mol. The van der Waals surface area contributed by atoms with E-state index in [2.05, 4.69) is 0 Å². The van der Waals surface area contributed by atoms with Crippen molar-refractivity contribution in [2.24, 2.45) is 0 Å². The lowest BCUT2D eigenvalue weighted by atomic mass is 10.0. The Bertz CT molecular complexity index is 556. The smallest absolute Gasteiger partial charge is 0.308 e. The molecule has 1 aliphatic rings. The molecule has 5 heteroatoms. The molecule has 1 heterocycles. The maximum absolute atomic E-state index is 12.2. The summed E-state index contributed by atoms with van der Waals surface area (Å²) in [6.07, 6.45) is 0.218. The number of alkyl halides is 1. The fraction of sp³-hybridized carbons (Fsp3) is 0.467. The van der Waals surface area contributed by atoms with E-state index < -0.39 is 0 Å². The highest BCUT2D eigenvalue weighted by molar-refractivity contribution is 6.29. The van der Waals surface area contributed by atoms with Gasteiger partial charge in [-0.15, -0.1) is 11.6 Å². The minimum absolute atomic E-state index is 0.114. The third-order valence-electron chi connectivity index (χ3n) is 3.73. The number of carbonyl (C=O) groups excluding carboxylic acids is 2. The van der Waals surface area contributed by atoms with Gasteiger partial charge in [0.15, 0.2) is 0 Å². The third-order valence-corrected chi connectivity index (χ3v) is 3.96. The van der Waals surface area contributed by atoms with Crippen LogP contribution in [0.25, 0.3) is 0 Å². The zero-order valence-electron chi connectivity index (χ0n) is 11.9. The van der Waals surface area contributed by atoms with Gasteiger partial charge in [-0.3, -0.25) is 9.59 Å². The van der Waals surface area contributed by atoms with Crippen molar-refractivity contribution in [3.8, 4) is 0 Å². The van der Waals surface area contributed by atoms with E-state index in [1.807, 2.05) is 32.9 Å². The molecule has 0 spiro atoms. The molecule has 1 aliphatic heterocycles. The van der Waals surface area contributed by atoms with Crippen LogP contribution in [0, 0.1) is 20.8 Å². The molecule has 0 aliphatic carbocycles. The van der Waals surface area contributed by atoms with E-state index in [0.29, 0.717) is 0 Å². The zero-order chi connectivity index (χ0) is 14.9.